The summed E-state index contributed by atoms with van der Waals surface area (Å²) in [4.78, 5) is 14.2. The lowest BCUT2D eigenvalue weighted by Gasteiger charge is -2.46. The van der Waals surface area contributed by atoms with Crippen LogP contribution in [0.3, 0.4) is 0 Å². The van der Waals surface area contributed by atoms with Gasteiger partial charge >= 0.3 is 0 Å². The fraction of sp³-hybridized carbons (Fsp3) is 0.600. The molecule has 2 bridgehead atoms. The van der Waals surface area contributed by atoms with Gasteiger partial charge in [-0.15, -0.1) is 11.3 Å². The number of rotatable bonds is 9. The minimum absolute atomic E-state index is 0.0460. The van der Waals surface area contributed by atoms with Crippen LogP contribution < -0.4 is 5.32 Å². The van der Waals surface area contributed by atoms with E-state index in [1.807, 2.05) is 10.9 Å². The molecule has 0 aromatic carbocycles. The number of carbonyl (C=O) groups excluding carboxylic acids is 1. The predicted molar refractivity (Wildman–Crippen MR) is 103 cm³/mol. The molecule has 3 fully saturated rings. The predicted octanol–water partition coefficient (Wildman–Crippen LogP) is 2.72. The smallest absolute Gasteiger partial charge is 0.224 e. The van der Waals surface area contributed by atoms with Crippen LogP contribution in [0.5, 0.6) is 0 Å². The van der Waals surface area contributed by atoms with Gasteiger partial charge in [-0.25, -0.2) is 0 Å². The first-order valence-electron chi connectivity index (χ1n) is 9.52. The normalized spacial score (nSPS) is 26.1. The Balaban J connectivity index is 1.44. The number of fused-ring (bicyclic) bond motifs is 1. The first-order valence-corrected chi connectivity index (χ1v) is 10.4. The van der Waals surface area contributed by atoms with Crippen LogP contribution in [-0.4, -0.2) is 36.5 Å². The van der Waals surface area contributed by atoms with E-state index >= 15 is 0 Å². The van der Waals surface area contributed by atoms with Gasteiger partial charge in [0.1, 0.15) is 0 Å². The number of thiophene rings is 1. The molecule has 0 aliphatic heterocycles. The SMILES string of the molecule is COCCn1nccc1C12CCC(C1)C2C(=O)NCc1cc(COC)cs1. The van der Waals surface area contributed by atoms with Gasteiger partial charge in [-0.1, -0.05) is 0 Å². The van der Waals surface area contributed by atoms with Gasteiger partial charge < -0.3 is 14.8 Å². The lowest BCUT2D eigenvalue weighted by molar-refractivity contribution is -0.133. The Morgan fingerprint density at radius 1 is 1.44 bits per heavy atom. The monoisotopic (exact) mass is 389 g/mol. The van der Waals surface area contributed by atoms with E-state index in [4.69, 9.17) is 9.47 Å². The Morgan fingerprint density at radius 3 is 3.11 bits per heavy atom. The van der Waals surface area contributed by atoms with Gasteiger partial charge in [0.05, 0.1) is 32.2 Å². The highest BCUT2D eigenvalue weighted by atomic mass is 32.1. The Labute approximate surface area is 163 Å². The first kappa shape index (κ1) is 18.7. The molecule has 0 spiro atoms. The van der Waals surface area contributed by atoms with Crippen molar-refractivity contribution in [2.24, 2.45) is 11.8 Å². The third-order valence-corrected chi connectivity index (χ3v) is 7.11. The minimum Gasteiger partial charge on any atom is -0.383 e. The van der Waals surface area contributed by atoms with Crippen LogP contribution >= 0.6 is 11.3 Å². The molecule has 3 aliphatic carbocycles. The molecule has 1 amide bonds. The Kier molecular flexibility index (Phi) is 5.34. The van der Waals surface area contributed by atoms with E-state index in [-0.39, 0.29) is 17.2 Å². The molecule has 1 N–H and O–H groups in total. The minimum atomic E-state index is -0.0460. The fourth-order valence-electron chi connectivity index (χ4n) is 4.99. The van der Waals surface area contributed by atoms with Crippen molar-refractivity contribution in [3.05, 3.63) is 39.8 Å². The van der Waals surface area contributed by atoms with Crippen molar-refractivity contribution in [1.82, 2.24) is 15.1 Å². The van der Waals surface area contributed by atoms with Crippen molar-refractivity contribution in [1.29, 1.82) is 0 Å². The second kappa shape index (κ2) is 7.73. The maximum atomic E-state index is 13.0. The summed E-state index contributed by atoms with van der Waals surface area (Å²) in [6, 6.07) is 4.20. The van der Waals surface area contributed by atoms with E-state index in [0.29, 0.717) is 25.7 Å². The maximum absolute atomic E-state index is 13.0. The second-order valence-corrected chi connectivity index (χ2v) is 8.64. The van der Waals surface area contributed by atoms with Crippen LogP contribution in [-0.2, 0) is 39.4 Å². The Bertz CT molecular complexity index is 798. The quantitative estimate of drug-likeness (QED) is 0.716. The summed E-state index contributed by atoms with van der Waals surface area (Å²) in [5.41, 5.74) is 2.32. The van der Waals surface area contributed by atoms with Crippen LogP contribution in [0.1, 0.15) is 35.4 Å². The average molecular weight is 390 g/mol. The third kappa shape index (κ3) is 3.32. The number of methoxy groups -OCH3 is 2. The molecule has 3 saturated carbocycles. The molecule has 5 rings (SSSR count). The number of nitrogens with one attached hydrogen (secondary N) is 1. The molecule has 2 aromatic rings. The number of aromatic nitrogens is 2. The molecule has 3 aliphatic rings. The van der Waals surface area contributed by atoms with Crippen LogP contribution in [0.25, 0.3) is 0 Å². The molecule has 0 saturated heterocycles. The van der Waals surface area contributed by atoms with Gasteiger partial charge in [0, 0.05) is 36.4 Å². The van der Waals surface area contributed by atoms with Gasteiger partial charge in [0.15, 0.2) is 0 Å². The highest BCUT2D eigenvalue weighted by molar-refractivity contribution is 7.10. The van der Waals surface area contributed by atoms with Gasteiger partial charge in [-0.05, 0) is 48.3 Å². The molecule has 2 heterocycles. The Morgan fingerprint density at radius 2 is 2.33 bits per heavy atom. The van der Waals surface area contributed by atoms with Crippen molar-refractivity contribution in [3.8, 4) is 0 Å². The van der Waals surface area contributed by atoms with Gasteiger partial charge in [0.25, 0.3) is 0 Å². The summed E-state index contributed by atoms with van der Waals surface area (Å²) < 4.78 is 12.4. The first-order chi connectivity index (χ1) is 13.2. The van der Waals surface area contributed by atoms with E-state index < -0.39 is 0 Å². The molecule has 3 unspecified atom stereocenters. The number of hydrogen-bond acceptors (Lipinski definition) is 5. The van der Waals surface area contributed by atoms with Crippen molar-refractivity contribution in [2.75, 3.05) is 20.8 Å². The number of ether oxygens (including phenoxy) is 2. The van der Waals surface area contributed by atoms with Crippen LogP contribution in [0, 0.1) is 11.8 Å². The lowest BCUT2D eigenvalue weighted by atomic mass is 9.58. The van der Waals surface area contributed by atoms with Crippen LogP contribution in [0.2, 0.25) is 0 Å². The molecule has 27 heavy (non-hydrogen) atoms. The highest BCUT2D eigenvalue weighted by Crippen LogP contribution is 2.63. The molecular formula is C20H27N3O3S. The number of hydrogen-bond donors (Lipinski definition) is 1. The van der Waals surface area contributed by atoms with Gasteiger partial charge in [-0.2, -0.15) is 5.10 Å². The summed E-state index contributed by atoms with van der Waals surface area (Å²) in [5.74, 6) is 0.752. The summed E-state index contributed by atoms with van der Waals surface area (Å²) >= 11 is 1.67. The van der Waals surface area contributed by atoms with Crippen LogP contribution in [0.15, 0.2) is 23.7 Å². The Hall–Kier alpha value is -1.70. The fourth-order valence-corrected chi connectivity index (χ4v) is 5.80. The standard InChI is InChI=1S/C20H27N3O3S/c1-25-8-7-23-17(4-6-22-23)20-5-3-15(10-20)18(20)19(24)21-11-16-9-14(12-26-2)13-27-16/h4,6,9,13,15,18H,3,5,7-8,10-12H2,1-2H3,(H,21,24). The summed E-state index contributed by atoms with van der Waals surface area (Å²) in [6.45, 7) is 2.57. The molecule has 0 radical (unpaired) electrons. The van der Waals surface area contributed by atoms with E-state index in [2.05, 4.69) is 27.9 Å². The molecule has 7 heteroatoms. The van der Waals surface area contributed by atoms with E-state index in [0.717, 1.165) is 31.4 Å². The maximum Gasteiger partial charge on any atom is 0.224 e. The zero-order valence-corrected chi connectivity index (χ0v) is 16.8. The molecule has 146 valence electrons. The molecule has 3 atom stereocenters. The number of carbonyl (C=O) groups is 1. The van der Waals surface area contributed by atoms with E-state index in [1.54, 1.807) is 25.6 Å². The van der Waals surface area contributed by atoms with Gasteiger partial charge in [0.2, 0.25) is 5.91 Å². The molecular weight excluding hydrogens is 362 g/mol. The summed E-state index contributed by atoms with van der Waals surface area (Å²) in [5, 5.41) is 9.74. The number of nitrogens with zero attached hydrogens (tertiary/aromatic N) is 2. The van der Waals surface area contributed by atoms with Crippen molar-refractivity contribution in [3.63, 3.8) is 0 Å². The zero-order valence-electron chi connectivity index (χ0n) is 15.9. The zero-order chi connectivity index (χ0) is 18.9. The van der Waals surface area contributed by atoms with E-state index in [1.165, 1.54) is 10.6 Å². The van der Waals surface area contributed by atoms with Crippen molar-refractivity contribution >= 4 is 17.2 Å². The van der Waals surface area contributed by atoms with Crippen molar-refractivity contribution < 1.29 is 14.3 Å². The van der Waals surface area contributed by atoms with E-state index in [9.17, 15) is 4.79 Å². The topological polar surface area (TPSA) is 65.4 Å². The average Bonchev–Trinajstić information content (AvgIpc) is 3.40. The van der Waals surface area contributed by atoms with Crippen LogP contribution in [0.4, 0.5) is 0 Å². The lowest BCUT2D eigenvalue weighted by Crippen LogP contribution is -2.53. The largest absolute Gasteiger partial charge is 0.383 e. The number of amides is 1. The summed E-state index contributed by atoms with van der Waals surface area (Å²) in [6.07, 6.45) is 5.15. The molecule has 2 aromatic heterocycles. The second-order valence-electron chi connectivity index (χ2n) is 7.64. The van der Waals surface area contributed by atoms with Gasteiger partial charge in [-0.3, -0.25) is 9.48 Å². The highest BCUT2D eigenvalue weighted by Gasteiger charge is 2.63. The molecule has 6 nitrogen and oxygen atoms in total. The van der Waals surface area contributed by atoms with Crippen molar-refractivity contribution in [2.45, 2.75) is 44.4 Å². The third-order valence-electron chi connectivity index (χ3n) is 6.13. The summed E-state index contributed by atoms with van der Waals surface area (Å²) in [7, 11) is 3.40.